The molecular formula is C17H22BrNOS. The van der Waals surface area contributed by atoms with E-state index in [1.807, 2.05) is 11.3 Å². The van der Waals surface area contributed by atoms with Gasteiger partial charge in [-0.2, -0.15) is 0 Å². The molecular weight excluding hydrogens is 346 g/mol. The molecule has 0 spiro atoms. The Labute approximate surface area is 139 Å². The minimum absolute atomic E-state index is 0.176. The van der Waals surface area contributed by atoms with E-state index in [4.69, 9.17) is 4.74 Å². The molecule has 0 aliphatic heterocycles. The number of rotatable bonds is 6. The summed E-state index contributed by atoms with van der Waals surface area (Å²) in [6.45, 7) is 7.40. The highest BCUT2D eigenvalue weighted by molar-refractivity contribution is 9.10. The lowest BCUT2D eigenvalue weighted by Crippen LogP contribution is -2.23. The second-order valence-corrected chi connectivity index (χ2v) is 7.35. The summed E-state index contributed by atoms with van der Waals surface area (Å²) in [5.41, 5.74) is 2.37. The van der Waals surface area contributed by atoms with E-state index >= 15 is 0 Å². The summed E-state index contributed by atoms with van der Waals surface area (Å²) in [7, 11) is 1.74. The molecule has 2 aromatic rings. The van der Waals surface area contributed by atoms with Crippen LogP contribution < -0.4 is 10.1 Å². The molecule has 2 rings (SSSR count). The van der Waals surface area contributed by atoms with Crippen molar-refractivity contribution in [3.05, 3.63) is 49.6 Å². The average Bonchev–Trinajstić information content (AvgIpc) is 2.89. The molecule has 1 unspecified atom stereocenters. The zero-order valence-corrected chi connectivity index (χ0v) is 15.4. The Morgan fingerprint density at radius 1 is 1.29 bits per heavy atom. The maximum Gasteiger partial charge on any atom is 0.124 e. The quantitative estimate of drug-likeness (QED) is 0.754. The second kappa shape index (κ2) is 7.43. The maximum atomic E-state index is 5.61. The number of ether oxygens (including phenoxy) is 1. The van der Waals surface area contributed by atoms with Gasteiger partial charge < -0.3 is 10.1 Å². The molecule has 0 aliphatic carbocycles. The molecule has 0 fully saturated rings. The second-order valence-electron chi connectivity index (χ2n) is 5.18. The Morgan fingerprint density at radius 3 is 2.62 bits per heavy atom. The summed E-state index contributed by atoms with van der Waals surface area (Å²) < 4.78 is 6.73. The molecule has 1 aromatic heterocycles. The van der Waals surface area contributed by atoms with Crippen LogP contribution >= 0.6 is 27.3 Å². The van der Waals surface area contributed by atoms with Crippen LogP contribution in [0, 0.1) is 13.8 Å². The fourth-order valence-electron chi connectivity index (χ4n) is 2.33. The largest absolute Gasteiger partial charge is 0.496 e. The maximum absolute atomic E-state index is 5.61. The third kappa shape index (κ3) is 3.87. The van der Waals surface area contributed by atoms with E-state index in [9.17, 15) is 0 Å². The van der Waals surface area contributed by atoms with Gasteiger partial charge >= 0.3 is 0 Å². The topological polar surface area (TPSA) is 21.3 Å². The summed E-state index contributed by atoms with van der Waals surface area (Å²) in [4.78, 5) is 2.66. The molecule has 0 amide bonds. The molecule has 0 radical (unpaired) electrons. The number of thiophene rings is 1. The molecule has 1 atom stereocenters. The van der Waals surface area contributed by atoms with E-state index in [0.717, 1.165) is 23.2 Å². The average molecular weight is 368 g/mol. The van der Waals surface area contributed by atoms with Crippen molar-refractivity contribution in [2.75, 3.05) is 13.7 Å². The Bertz CT molecular complexity index is 609. The molecule has 1 N–H and O–H groups in total. The highest BCUT2D eigenvalue weighted by Crippen LogP contribution is 2.36. The van der Waals surface area contributed by atoms with Gasteiger partial charge in [-0.25, -0.2) is 0 Å². The molecule has 21 heavy (non-hydrogen) atoms. The zero-order valence-electron chi connectivity index (χ0n) is 13.0. The van der Waals surface area contributed by atoms with Crippen molar-refractivity contribution in [1.29, 1.82) is 0 Å². The van der Waals surface area contributed by atoms with E-state index < -0.39 is 0 Å². The van der Waals surface area contributed by atoms with Crippen molar-refractivity contribution in [1.82, 2.24) is 5.32 Å². The number of benzene rings is 1. The van der Waals surface area contributed by atoms with Crippen LogP contribution in [0.2, 0.25) is 0 Å². The highest BCUT2D eigenvalue weighted by Gasteiger charge is 2.20. The van der Waals surface area contributed by atoms with Crippen molar-refractivity contribution >= 4 is 27.3 Å². The predicted molar refractivity (Wildman–Crippen MR) is 94.6 cm³/mol. The van der Waals surface area contributed by atoms with Gasteiger partial charge in [0.1, 0.15) is 5.75 Å². The molecule has 2 nitrogen and oxygen atoms in total. The van der Waals surface area contributed by atoms with Crippen LogP contribution in [0.1, 0.15) is 40.3 Å². The van der Waals surface area contributed by atoms with Crippen LogP contribution in [0.5, 0.6) is 5.75 Å². The molecule has 114 valence electrons. The smallest absolute Gasteiger partial charge is 0.124 e. The standard InChI is InChI=1S/C17H22BrNOS/c1-5-8-19-17(16-7-6-12(3)21-16)13-10-14(18)11(2)9-15(13)20-4/h6-7,9-10,17,19H,5,8H2,1-4H3. The van der Waals surface area contributed by atoms with Gasteiger partial charge in [-0.1, -0.05) is 22.9 Å². The molecule has 1 aromatic carbocycles. The summed E-state index contributed by atoms with van der Waals surface area (Å²) in [5.74, 6) is 0.940. The number of methoxy groups -OCH3 is 1. The first-order valence-corrected chi connectivity index (χ1v) is 8.81. The monoisotopic (exact) mass is 367 g/mol. The van der Waals surface area contributed by atoms with Gasteiger partial charge in [0.2, 0.25) is 0 Å². The fraction of sp³-hybridized carbons (Fsp3) is 0.412. The van der Waals surface area contributed by atoms with E-state index in [1.165, 1.54) is 20.9 Å². The van der Waals surface area contributed by atoms with E-state index in [2.05, 4.69) is 66.3 Å². The zero-order chi connectivity index (χ0) is 15.4. The summed E-state index contributed by atoms with van der Waals surface area (Å²) >= 11 is 5.48. The van der Waals surface area contributed by atoms with Crippen LogP contribution in [0.3, 0.4) is 0 Å². The normalized spacial score (nSPS) is 12.4. The summed E-state index contributed by atoms with van der Waals surface area (Å²) in [6, 6.07) is 8.84. The van der Waals surface area contributed by atoms with Crippen LogP contribution in [-0.4, -0.2) is 13.7 Å². The van der Waals surface area contributed by atoms with Crippen LogP contribution in [-0.2, 0) is 0 Å². The number of nitrogens with one attached hydrogen (secondary N) is 1. The van der Waals surface area contributed by atoms with Crippen molar-refractivity contribution < 1.29 is 4.74 Å². The van der Waals surface area contributed by atoms with Crippen molar-refractivity contribution in [3.63, 3.8) is 0 Å². The Kier molecular flexibility index (Phi) is 5.85. The Balaban J connectivity index is 2.47. The first-order valence-electron chi connectivity index (χ1n) is 7.20. The Morgan fingerprint density at radius 2 is 2.05 bits per heavy atom. The molecule has 0 saturated heterocycles. The van der Waals surface area contributed by atoms with Crippen molar-refractivity contribution in [3.8, 4) is 5.75 Å². The number of hydrogen-bond donors (Lipinski definition) is 1. The fourth-order valence-corrected chi connectivity index (χ4v) is 3.67. The van der Waals surface area contributed by atoms with Crippen LogP contribution in [0.25, 0.3) is 0 Å². The van der Waals surface area contributed by atoms with Gasteiger partial charge in [0.15, 0.2) is 0 Å². The lowest BCUT2D eigenvalue weighted by atomic mass is 10.0. The van der Waals surface area contributed by atoms with Crippen molar-refractivity contribution in [2.24, 2.45) is 0 Å². The molecule has 1 heterocycles. The van der Waals surface area contributed by atoms with Gasteiger partial charge in [0, 0.05) is 19.8 Å². The van der Waals surface area contributed by atoms with Crippen molar-refractivity contribution in [2.45, 2.75) is 33.2 Å². The number of aryl methyl sites for hydroxylation is 2. The first-order chi connectivity index (χ1) is 10.1. The number of halogens is 1. The van der Waals surface area contributed by atoms with Crippen LogP contribution in [0.4, 0.5) is 0 Å². The van der Waals surface area contributed by atoms with Gasteiger partial charge in [-0.05, 0) is 56.6 Å². The molecule has 0 bridgehead atoms. The molecule has 0 saturated carbocycles. The van der Waals surface area contributed by atoms with Gasteiger partial charge in [0.25, 0.3) is 0 Å². The molecule has 0 aliphatic rings. The van der Waals surface area contributed by atoms with E-state index in [0.29, 0.717) is 0 Å². The van der Waals surface area contributed by atoms with Crippen LogP contribution in [0.15, 0.2) is 28.7 Å². The van der Waals surface area contributed by atoms with E-state index in [1.54, 1.807) is 7.11 Å². The van der Waals surface area contributed by atoms with Gasteiger partial charge in [-0.15, -0.1) is 11.3 Å². The third-order valence-corrected chi connectivity index (χ3v) is 5.39. The van der Waals surface area contributed by atoms with Gasteiger partial charge in [-0.3, -0.25) is 0 Å². The Hall–Kier alpha value is -0.840. The molecule has 4 heteroatoms. The minimum Gasteiger partial charge on any atom is -0.496 e. The van der Waals surface area contributed by atoms with E-state index in [-0.39, 0.29) is 6.04 Å². The lowest BCUT2D eigenvalue weighted by molar-refractivity contribution is 0.403. The summed E-state index contributed by atoms with van der Waals surface area (Å²) in [5, 5.41) is 3.65. The SMILES string of the molecule is CCCNC(c1ccc(C)s1)c1cc(Br)c(C)cc1OC. The highest BCUT2D eigenvalue weighted by atomic mass is 79.9. The minimum atomic E-state index is 0.176. The lowest BCUT2D eigenvalue weighted by Gasteiger charge is -2.21. The number of hydrogen-bond acceptors (Lipinski definition) is 3. The first kappa shape index (κ1) is 16.5. The summed E-state index contributed by atoms with van der Waals surface area (Å²) in [6.07, 6.45) is 1.11. The predicted octanol–water partition coefficient (Wildman–Crippen LogP) is 5.23. The van der Waals surface area contributed by atoms with Gasteiger partial charge in [0.05, 0.1) is 13.2 Å². The third-order valence-electron chi connectivity index (χ3n) is 3.47.